The summed E-state index contributed by atoms with van der Waals surface area (Å²) in [7, 11) is 0. The van der Waals surface area contributed by atoms with E-state index in [1.807, 2.05) is 36.4 Å². The molecule has 0 heterocycles. The first kappa shape index (κ1) is 40.3. The molecule has 0 saturated heterocycles. The Morgan fingerprint density at radius 2 is 0.636 bits per heavy atom. The fourth-order valence-corrected chi connectivity index (χ4v) is 12.0. The molecule has 320 valence electrons. The molecule has 0 saturated carbocycles. The molecule has 1 unspecified atom stereocenters. The van der Waals surface area contributed by atoms with Crippen LogP contribution in [0.2, 0.25) is 0 Å². The molecule has 0 radical (unpaired) electrons. The van der Waals surface area contributed by atoms with Crippen molar-refractivity contribution in [1.29, 1.82) is 0 Å². The molecule has 0 aromatic heterocycles. The van der Waals surface area contributed by atoms with Crippen molar-refractivity contribution in [2.75, 3.05) is 0 Å². The predicted molar refractivity (Wildman–Crippen MR) is 263 cm³/mol. The smallest absolute Gasteiger partial charge is 0.123 e. The van der Waals surface area contributed by atoms with Crippen LogP contribution >= 0.6 is 0 Å². The normalized spacial score (nSPS) is 16.5. The maximum atomic E-state index is 14.3. The van der Waals surface area contributed by atoms with Crippen LogP contribution in [0, 0.1) is 17.5 Å². The third-order valence-electron chi connectivity index (χ3n) is 15.3. The van der Waals surface area contributed by atoms with Crippen LogP contribution in [0.5, 0.6) is 0 Å². The zero-order valence-corrected chi connectivity index (χ0v) is 37.2. The van der Waals surface area contributed by atoms with E-state index in [1.165, 1.54) is 77.9 Å². The number of halogens is 3. The van der Waals surface area contributed by atoms with E-state index < -0.39 is 5.41 Å². The zero-order chi connectivity index (χ0) is 45.0. The first-order valence-corrected chi connectivity index (χ1v) is 23.0. The van der Waals surface area contributed by atoms with Gasteiger partial charge in [-0.2, -0.15) is 0 Å². The average molecular weight is 861 g/mol. The SMILES string of the molecule is CC1(C)c2cc(-c3ccc4c(c3)C(C)(Cc3ccc(F)cc3)c3ccccc3-4)ccc2-c2ccc(-c3ccc4c(c3)C(Cc3ccc(F)cc3)(Cc3ccc(F)cc3)c3ccccc3-4)cc21. The van der Waals surface area contributed by atoms with Crippen LogP contribution < -0.4 is 0 Å². The van der Waals surface area contributed by atoms with E-state index >= 15 is 0 Å². The van der Waals surface area contributed by atoms with Crippen molar-refractivity contribution >= 4 is 0 Å². The summed E-state index contributed by atoms with van der Waals surface area (Å²) in [6.07, 6.45) is 2.10. The maximum Gasteiger partial charge on any atom is 0.123 e. The molecule has 0 bridgehead atoms. The summed E-state index contributed by atoms with van der Waals surface area (Å²) in [5.41, 5.74) is 22.0. The van der Waals surface area contributed by atoms with Crippen molar-refractivity contribution in [1.82, 2.24) is 0 Å². The molecule has 3 heteroatoms. The zero-order valence-electron chi connectivity index (χ0n) is 37.2. The Kier molecular flexibility index (Phi) is 9.10. The van der Waals surface area contributed by atoms with Crippen LogP contribution in [-0.2, 0) is 35.5 Å². The molecule has 0 N–H and O–H groups in total. The summed E-state index contributed by atoms with van der Waals surface area (Å²) in [6, 6.07) is 66.0. The van der Waals surface area contributed by atoms with Gasteiger partial charge < -0.3 is 0 Å². The van der Waals surface area contributed by atoms with E-state index in [0.29, 0.717) is 12.8 Å². The second-order valence-electron chi connectivity index (χ2n) is 19.6. The van der Waals surface area contributed by atoms with Crippen LogP contribution in [0.3, 0.4) is 0 Å². The highest BCUT2D eigenvalue weighted by Crippen LogP contribution is 2.56. The Labute approximate surface area is 385 Å². The lowest BCUT2D eigenvalue weighted by Crippen LogP contribution is -2.31. The van der Waals surface area contributed by atoms with Crippen LogP contribution in [0.15, 0.2) is 194 Å². The van der Waals surface area contributed by atoms with Gasteiger partial charge in [-0.15, -0.1) is 0 Å². The molecule has 1 atom stereocenters. The van der Waals surface area contributed by atoms with Gasteiger partial charge in [0, 0.05) is 16.2 Å². The highest BCUT2D eigenvalue weighted by Gasteiger charge is 2.44. The Bertz CT molecular complexity index is 3350. The minimum Gasteiger partial charge on any atom is -0.207 e. The largest absolute Gasteiger partial charge is 0.207 e. The summed E-state index contributed by atoms with van der Waals surface area (Å²) in [6.45, 7) is 7.03. The van der Waals surface area contributed by atoms with Gasteiger partial charge in [-0.1, -0.05) is 154 Å². The molecular weight excluding hydrogens is 814 g/mol. The molecule has 3 aliphatic carbocycles. The Morgan fingerprint density at radius 1 is 0.303 bits per heavy atom. The van der Waals surface area contributed by atoms with Crippen molar-refractivity contribution in [3.05, 3.63) is 262 Å². The van der Waals surface area contributed by atoms with Crippen molar-refractivity contribution in [3.8, 4) is 55.6 Å². The quantitative estimate of drug-likeness (QED) is 0.143. The van der Waals surface area contributed by atoms with E-state index in [4.69, 9.17) is 0 Å². The van der Waals surface area contributed by atoms with Crippen LogP contribution in [-0.4, -0.2) is 0 Å². The lowest BCUT2D eigenvalue weighted by molar-refractivity contribution is 0.518. The lowest BCUT2D eigenvalue weighted by atomic mass is 9.69. The van der Waals surface area contributed by atoms with Gasteiger partial charge in [0.05, 0.1) is 0 Å². The standard InChI is InChI=1S/C63H47F3/c1-61(2)57-32-42(44-20-30-53-49-8-4-6-10-55(49)62(3,59(53)34-44)36-39-12-22-46(64)23-13-39)18-28-51(57)52-29-19-43(33-58(52)61)45-21-31-54-50-9-5-7-11-56(50)63(60(54)35-45,37-40-14-24-47(65)25-15-40)38-41-16-26-48(66)27-17-41/h4-35H,36-38H2,1-3H3. The van der Waals surface area contributed by atoms with E-state index in [9.17, 15) is 13.2 Å². The first-order valence-electron chi connectivity index (χ1n) is 23.0. The predicted octanol–water partition coefficient (Wildman–Crippen LogP) is 16.0. The second kappa shape index (κ2) is 14.9. The molecular formula is C63H47F3. The van der Waals surface area contributed by atoms with Gasteiger partial charge in [-0.25, -0.2) is 13.2 Å². The molecule has 66 heavy (non-hydrogen) atoms. The van der Waals surface area contributed by atoms with E-state index in [-0.39, 0.29) is 28.3 Å². The average Bonchev–Trinajstić information content (AvgIpc) is 3.84. The maximum absolute atomic E-state index is 14.3. The molecule has 9 aromatic rings. The topological polar surface area (TPSA) is 0 Å². The monoisotopic (exact) mass is 860 g/mol. The third-order valence-corrected chi connectivity index (χ3v) is 15.3. The van der Waals surface area contributed by atoms with Gasteiger partial charge in [-0.05, 0) is 186 Å². The third kappa shape index (κ3) is 6.27. The van der Waals surface area contributed by atoms with Gasteiger partial charge in [0.1, 0.15) is 17.5 Å². The minimum atomic E-state index is -0.473. The summed E-state index contributed by atoms with van der Waals surface area (Å²) in [5, 5.41) is 0. The van der Waals surface area contributed by atoms with Crippen molar-refractivity contribution in [2.45, 2.75) is 56.3 Å². The van der Waals surface area contributed by atoms with Crippen LogP contribution in [0.4, 0.5) is 13.2 Å². The number of rotatable bonds is 8. The molecule has 0 fully saturated rings. The molecule has 0 aliphatic heterocycles. The number of benzene rings is 9. The highest BCUT2D eigenvalue weighted by molar-refractivity contribution is 5.89. The summed E-state index contributed by atoms with van der Waals surface area (Å²) in [4.78, 5) is 0. The Hall–Kier alpha value is -7.23. The van der Waals surface area contributed by atoms with Crippen molar-refractivity contribution in [2.24, 2.45) is 0 Å². The molecule has 12 rings (SSSR count). The summed E-state index contributed by atoms with van der Waals surface area (Å²) < 4.78 is 42.5. The van der Waals surface area contributed by atoms with Gasteiger partial charge in [-0.3, -0.25) is 0 Å². The fraction of sp³-hybridized carbons (Fsp3) is 0.143. The first-order chi connectivity index (χ1) is 32.0. The van der Waals surface area contributed by atoms with Crippen molar-refractivity contribution in [3.63, 3.8) is 0 Å². The number of hydrogen-bond donors (Lipinski definition) is 0. The van der Waals surface area contributed by atoms with Gasteiger partial charge in [0.2, 0.25) is 0 Å². The van der Waals surface area contributed by atoms with Gasteiger partial charge in [0.25, 0.3) is 0 Å². The molecule has 0 nitrogen and oxygen atoms in total. The van der Waals surface area contributed by atoms with Crippen LogP contribution in [0.1, 0.15) is 70.8 Å². The molecule has 9 aromatic carbocycles. The number of hydrogen-bond acceptors (Lipinski definition) is 0. The van der Waals surface area contributed by atoms with Gasteiger partial charge in [0.15, 0.2) is 0 Å². The Balaban J connectivity index is 0.920. The highest BCUT2D eigenvalue weighted by atomic mass is 19.1. The number of fused-ring (bicyclic) bond motifs is 9. The lowest BCUT2D eigenvalue weighted by Gasteiger charge is -2.33. The minimum absolute atomic E-state index is 0.216. The van der Waals surface area contributed by atoms with E-state index in [1.54, 1.807) is 36.4 Å². The molecule has 3 aliphatic rings. The summed E-state index contributed by atoms with van der Waals surface area (Å²) in [5.74, 6) is -0.723. The molecule has 0 amide bonds. The van der Waals surface area contributed by atoms with E-state index in [2.05, 4.69) is 142 Å². The second-order valence-corrected chi connectivity index (χ2v) is 19.6. The van der Waals surface area contributed by atoms with Crippen LogP contribution in [0.25, 0.3) is 55.6 Å². The molecule has 0 spiro atoms. The fourth-order valence-electron chi connectivity index (χ4n) is 12.0. The van der Waals surface area contributed by atoms with E-state index in [0.717, 1.165) is 34.2 Å². The summed E-state index contributed by atoms with van der Waals surface area (Å²) >= 11 is 0. The van der Waals surface area contributed by atoms with Gasteiger partial charge >= 0.3 is 0 Å². The van der Waals surface area contributed by atoms with Crippen molar-refractivity contribution < 1.29 is 13.2 Å². The Morgan fingerprint density at radius 3 is 1.11 bits per heavy atom.